The van der Waals surface area contributed by atoms with Crippen LogP contribution in [-0.4, -0.2) is 57.8 Å². The van der Waals surface area contributed by atoms with Crippen molar-refractivity contribution in [2.24, 2.45) is 0 Å². The first kappa shape index (κ1) is 15.7. The molecule has 1 N–H and O–H groups in total. The Morgan fingerprint density at radius 1 is 1.25 bits per heavy atom. The van der Waals surface area contributed by atoms with Crippen LogP contribution in [0.4, 0.5) is 0 Å². The molecule has 116 valence electrons. The van der Waals surface area contributed by atoms with Gasteiger partial charge in [0.2, 0.25) is 0 Å². The number of sulfone groups is 1. The Labute approximate surface area is 120 Å². The summed E-state index contributed by atoms with van der Waals surface area (Å²) in [6.07, 6.45) is 4.33. The zero-order valence-electron chi connectivity index (χ0n) is 11.8. The normalized spacial score (nSPS) is 33.0. The Morgan fingerprint density at radius 2 is 2.00 bits per heavy atom. The van der Waals surface area contributed by atoms with E-state index in [1.807, 2.05) is 0 Å². The number of esters is 1. The second-order valence-electron chi connectivity index (χ2n) is 5.62. The maximum Gasteiger partial charge on any atom is 0.320 e. The van der Waals surface area contributed by atoms with E-state index < -0.39 is 9.84 Å². The molecule has 0 radical (unpaired) electrons. The van der Waals surface area contributed by atoms with E-state index in [0.717, 1.165) is 25.7 Å². The standard InChI is InChI=1S/C13H23NO5S/c1-18-11-3-2-4-12(7-11)19-13(15)8-14-10-5-6-20(16,17)9-10/h10-12,14H,2-9H2,1H3. The number of carbonyl (C=O) groups is 1. The van der Waals surface area contributed by atoms with Gasteiger partial charge < -0.3 is 14.8 Å². The summed E-state index contributed by atoms with van der Waals surface area (Å²) in [7, 11) is -1.23. The molecule has 1 saturated heterocycles. The van der Waals surface area contributed by atoms with Gasteiger partial charge in [0, 0.05) is 19.6 Å². The summed E-state index contributed by atoms with van der Waals surface area (Å²) in [6, 6.07) is -0.120. The average molecular weight is 305 g/mol. The van der Waals surface area contributed by atoms with Crippen molar-refractivity contribution in [3.05, 3.63) is 0 Å². The molecule has 1 aliphatic carbocycles. The van der Waals surface area contributed by atoms with Crippen LogP contribution in [0.25, 0.3) is 0 Å². The van der Waals surface area contributed by atoms with Crippen LogP contribution < -0.4 is 5.32 Å². The first-order chi connectivity index (χ1) is 9.48. The zero-order chi connectivity index (χ0) is 14.6. The van der Waals surface area contributed by atoms with E-state index in [0.29, 0.717) is 6.42 Å². The molecule has 3 atom stereocenters. The van der Waals surface area contributed by atoms with Crippen molar-refractivity contribution in [1.82, 2.24) is 5.32 Å². The Morgan fingerprint density at radius 3 is 2.65 bits per heavy atom. The van der Waals surface area contributed by atoms with Gasteiger partial charge in [-0.1, -0.05) is 0 Å². The minimum atomic E-state index is -2.91. The highest BCUT2D eigenvalue weighted by Crippen LogP contribution is 2.23. The quantitative estimate of drug-likeness (QED) is 0.734. The van der Waals surface area contributed by atoms with E-state index in [1.54, 1.807) is 7.11 Å². The van der Waals surface area contributed by atoms with Gasteiger partial charge >= 0.3 is 5.97 Å². The van der Waals surface area contributed by atoms with Crippen LogP contribution in [0.15, 0.2) is 0 Å². The highest BCUT2D eigenvalue weighted by Gasteiger charge is 2.29. The lowest BCUT2D eigenvalue weighted by molar-refractivity contribution is -0.151. The van der Waals surface area contributed by atoms with Crippen molar-refractivity contribution in [2.45, 2.75) is 50.4 Å². The van der Waals surface area contributed by atoms with E-state index in [9.17, 15) is 13.2 Å². The van der Waals surface area contributed by atoms with Crippen LogP contribution in [0.2, 0.25) is 0 Å². The van der Waals surface area contributed by atoms with Gasteiger partial charge in [0.05, 0.1) is 24.2 Å². The predicted octanol–water partition coefficient (Wildman–Crippen LogP) is 0.264. The number of hydrogen-bond acceptors (Lipinski definition) is 6. The molecule has 2 rings (SSSR count). The second kappa shape index (κ2) is 6.87. The van der Waals surface area contributed by atoms with Crippen molar-refractivity contribution in [1.29, 1.82) is 0 Å². The average Bonchev–Trinajstić information content (AvgIpc) is 2.76. The first-order valence-electron chi connectivity index (χ1n) is 7.14. The lowest BCUT2D eigenvalue weighted by atomic mass is 9.95. The van der Waals surface area contributed by atoms with Crippen LogP contribution in [0.5, 0.6) is 0 Å². The molecule has 1 saturated carbocycles. The summed E-state index contributed by atoms with van der Waals surface area (Å²) in [5, 5.41) is 2.97. The molecule has 3 unspecified atom stereocenters. The van der Waals surface area contributed by atoms with Crippen molar-refractivity contribution >= 4 is 15.8 Å². The maximum atomic E-state index is 11.7. The molecule has 0 aromatic rings. The number of nitrogens with one attached hydrogen (secondary N) is 1. The number of hydrogen-bond donors (Lipinski definition) is 1. The molecule has 1 aliphatic heterocycles. The lowest BCUT2D eigenvalue weighted by Crippen LogP contribution is -2.37. The lowest BCUT2D eigenvalue weighted by Gasteiger charge is -2.28. The fourth-order valence-electron chi connectivity index (χ4n) is 2.83. The molecule has 0 aromatic heterocycles. The third kappa shape index (κ3) is 4.71. The second-order valence-corrected chi connectivity index (χ2v) is 7.85. The van der Waals surface area contributed by atoms with Gasteiger partial charge in [-0.15, -0.1) is 0 Å². The molecule has 2 fully saturated rings. The molecule has 6 nitrogen and oxygen atoms in total. The van der Waals surface area contributed by atoms with Crippen molar-refractivity contribution in [3.63, 3.8) is 0 Å². The summed E-state index contributed by atoms with van der Waals surface area (Å²) in [6.45, 7) is 0.0777. The number of ether oxygens (including phenoxy) is 2. The molecule has 0 aromatic carbocycles. The van der Waals surface area contributed by atoms with E-state index in [4.69, 9.17) is 9.47 Å². The van der Waals surface area contributed by atoms with Crippen LogP contribution in [0.1, 0.15) is 32.1 Å². The fourth-order valence-corrected chi connectivity index (χ4v) is 4.54. The molecule has 2 aliphatic rings. The molecule has 7 heteroatoms. The summed E-state index contributed by atoms with van der Waals surface area (Å²) in [4.78, 5) is 11.7. The molecule has 20 heavy (non-hydrogen) atoms. The summed E-state index contributed by atoms with van der Waals surface area (Å²) in [5.74, 6) is 0.0175. The molecular formula is C13H23NO5S. The van der Waals surface area contributed by atoms with Crippen molar-refractivity contribution in [3.8, 4) is 0 Å². The molecule has 0 amide bonds. The van der Waals surface area contributed by atoms with Crippen LogP contribution in [0, 0.1) is 0 Å². The monoisotopic (exact) mass is 305 g/mol. The first-order valence-corrected chi connectivity index (χ1v) is 8.97. The van der Waals surface area contributed by atoms with Gasteiger partial charge in [0.1, 0.15) is 6.10 Å². The van der Waals surface area contributed by atoms with Crippen LogP contribution >= 0.6 is 0 Å². The zero-order valence-corrected chi connectivity index (χ0v) is 12.7. The van der Waals surface area contributed by atoms with Crippen LogP contribution in [0.3, 0.4) is 0 Å². The van der Waals surface area contributed by atoms with E-state index in [2.05, 4.69) is 5.32 Å². The molecule has 0 bridgehead atoms. The summed E-state index contributed by atoms with van der Waals surface area (Å²) in [5.41, 5.74) is 0. The minimum absolute atomic E-state index is 0.0738. The Kier molecular flexibility index (Phi) is 5.40. The fraction of sp³-hybridized carbons (Fsp3) is 0.923. The minimum Gasteiger partial charge on any atom is -0.461 e. The number of rotatable bonds is 5. The summed E-state index contributed by atoms with van der Waals surface area (Å²) < 4.78 is 33.3. The molecule has 1 heterocycles. The van der Waals surface area contributed by atoms with Crippen molar-refractivity contribution < 1.29 is 22.7 Å². The van der Waals surface area contributed by atoms with Gasteiger partial charge in [-0.3, -0.25) is 4.79 Å². The molecule has 0 spiro atoms. The maximum absolute atomic E-state index is 11.7. The Balaban J connectivity index is 1.68. The largest absolute Gasteiger partial charge is 0.461 e. The third-order valence-electron chi connectivity index (χ3n) is 3.98. The highest BCUT2D eigenvalue weighted by atomic mass is 32.2. The van der Waals surface area contributed by atoms with E-state index in [-0.39, 0.29) is 42.3 Å². The van der Waals surface area contributed by atoms with Gasteiger partial charge in [0.15, 0.2) is 9.84 Å². The van der Waals surface area contributed by atoms with E-state index >= 15 is 0 Å². The van der Waals surface area contributed by atoms with Crippen molar-refractivity contribution in [2.75, 3.05) is 25.2 Å². The Bertz CT molecular complexity index is 436. The molecular weight excluding hydrogens is 282 g/mol. The number of methoxy groups -OCH3 is 1. The Hall–Kier alpha value is -0.660. The van der Waals surface area contributed by atoms with Gasteiger partial charge in [-0.05, 0) is 25.7 Å². The summed E-state index contributed by atoms with van der Waals surface area (Å²) >= 11 is 0. The SMILES string of the molecule is COC1CCCC(OC(=O)CNC2CCS(=O)(=O)C2)C1. The highest BCUT2D eigenvalue weighted by molar-refractivity contribution is 7.91. The topological polar surface area (TPSA) is 81.7 Å². The number of carbonyl (C=O) groups excluding carboxylic acids is 1. The van der Waals surface area contributed by atoms with Crippen LogP contribution in [-0.2, 0) is 24.1 Å². The van der Waals surface area contributed by atoms with Gasteiger partial charge in [-0.2, -0.15) is 0 Å². The third-order valence-corrected chi connectivity index (χ3v) is 5.74. The smallest absolute Gasteiger partial charge is 0.320 e. The van der Waals surface area contributed by atoms with Gasteiger partial charge in [0.25, 0.3) is 0 Å². The van der Waals surface area contributed by atoms with E-state index in [1.165, 1.54) is 0 Å². The predicted molar refractivity (Wildman–Crippen MR) is 74.2 cm³/mol. The van der Waals surface area contributed by atoms with Gasteiger partial charge in [-0.25, -0.2) is 8.42 Å².